The van der Waals surface area contributed by atoms with Gasteiger partial charge in [-0.25, -0.2) is 0 Å². The van der Waals surface area contributed by atoms with Crippen molar-refractivity contribution >= 4 is 21.9 Å². The predicted octanol–water partition coefficient (Wildman–Crippen LogP) is 3.21. The third-order valence-electron chi connectivity index (χ3n) is 2.84. The number of benzene rings is 1. The summed E-state index contributed by atoms with van der Waals surface area (Å²) in [4.78, 5) is 4.46. The first-order chi connectivity index (χ1) is 7.42. The molecule has 0 aliphatic rings. The SMILES string of the molecule is CCn1c2ccccc2c2ncccc21. The van der Waals surface area contributed by atoms with E-state index < -0.39 is 0 Å². The van der Waals surface area contributed by atoms with Crippen LogP contribution in [0.4, 0.5) is 0 Å². The predicted molar refractivity (Wildman–Crippen MR) is 62.9 cm³/mol. The summed E-state index contributed by atoms with van der Waals surface area (Å²) in [5, 5.41) is 1.25. The third kappa shape index (κ3) is 1.08. The lowest BCUT2D eigenvalue weighted by Crippen LogP contribution is -1.92. The van der Waals surface area contributed by atoms with Crippen LogP contribution < -0.4 is 0 Å². The van der Waals surface area contributed by atoms with Crippen LogP contribution in [0, 0.1) is 0 Å². The van der Waals surface area contributed by atoms with Crippen LogP contribution >= 0.6 is 0 Å². The lowest BCUT2D eigenvalue weighted by Gasteiger charge is -2.01. The molecule has 2 heterocycles. The van der Waals surface area contributed by atoms with Crippen LogP contribution in [0.3, 0.4) is 0 Å². The Labute approximate surface area is 88.2 Å². The molecule has 0 radical (unpaired) electrons. The van der Waals surface area contributed by atoms with E-state index in [9.17, 15) is 0 Å². The Morgan fingerprint density at radius 1 is 1.07 bits per heavy atom. The number of hydrogen-bond acceptors (Lipinski definition) is 1. The van der Waals surface area contributed by atoms with E-state index >= 15 is 0 Å². The van der Waals surface area contributed by atoms with E-state index in [0.29, 0.717) is 0 Å². The summed E-state index contributed by atoms with van der Waals surface area (Å²) in [7, 11) is 0. The molecular weight excluding hydrogens is 184 g/mol. The van der Waals surface area contributed by atoms with Gasteiger partial charge in [0.05, 0.1) is 16.6 Å². The molecule has 3 aromatic rings. The van der Waals surface area contributed by atoms with Gasteiger partial charge >= 0.3 is 0 Å². The molecule has 0 saturated heterocycles. The minimum absolute atomic E-state index is 0.982. The zero-order chi connectivity index (χ0) is 10.3. The van der Waals surface area contributed by atoms with E-state index in [0.717, 1.165) is 12.1 Å². The molecule has 3 rings (SSSR count). The van der Waals surface area contributed by atoms with Gasteiger partial charge in [-0.2, -0.15) is 0 Å². The number of para-hydroxylation sites is 1. The van der Waals surface area contributed by atoms with Gasteiger partial charge in [0.2, 0.25) is 0 Å². The maximum Gasteiger partial charge on any atom is 0.0959 e. The Bertz CT molecular complexity index is 569. The maximum atomic E-state index is 4.46. The zero-order valence-corrected chi connectivity index (χ0v) is 8.64. The first-order valence-electron chi connectivity index (χ1n) is 5.24. The molecule has 0 spiro atoms. The summed E-state index contributed by atoms with van der Waals surface area (Å²) in [5.74, 6) is 0. The summed E-state index contributed by atoms with van der Waals surface area (Å²) in [6.07, 6.45) is 1.86. The number of aromatic nitrogens is 2. The molecule has 0 unspecified atom stereocenters. The van der Waals surface area contributed by atoms with Gasteiger partial charge in [-0.1, -0.05) is 18.2 Å². The Balaban J connectivity index is 2.62. The van der Waals surface area contributed by atoms with Crippen molar-refractivity contribution in [3.05, 3.63) is 42.6 Å². The van der Waals surface area contributed by atoms with Crippen LogP contribution in [0.15, 0.2) is 42.6 Å². The second kappa shape index (κ2) is 3.09. The fraction of sp³-hybridized carbons (Fsp3) is 0.154. The van der Waals surface area contributed by atoms with Gasteiger partial charge in [0, 0.05) is 18.1 Å². The van der Waals surface area contributed by atoms with Crippen LogP contribution in [0.2, 0.25) is 0 Å². The fourth-order valence-corrected chi connectivity index (χ4v) is 2.20. The van der Waals surface area contributed by atoms with Crippen molar-refractivity contribution in [2.75, 3.05) is 0 Å². The molecule has 2 aromatic heterocycles. The molecular formula is C13H12N2. The van der Waals surface area contributed by atoms with Crippen LogP contribution in [0.25, 0.3) is 21.9 Å². The van der Waals surface area contributed by atoms with Crippen LogP contribution in [-0.4, -0.2) is 9.55 Å². The third-order valence-corrected chi connectivity index (χ3v) is 2.84. The quantitative estimate of drug-likeness (QED) is 0.584. The molecule has 1 aromatic carbocycles. The van der Waals surface area contributed by atoms with E-state index in [1.165, 1.54) is 16.4 Å². The highest BCUT2D eigenvalue weighted by Gasteiger charge is 2.08. The van der Waals surface area contributed by atoms with Gasteiger partial charge < -0.3 is 4.57 Å². The van der Waals surface area contributed by atoms with E-state index in [4.69, 9.17) is 0 Å². The Morgan fingerprint density at radius 3 is 2.73 bits per heavy atom. The van der Waals surface area contributed by atoms with Gasteiger partial charge in [-0.3, -0.25) is 4.98 Å². The average molecular weight is 196 g/mol. The van der Waals surface area contributed by atoms with Crippen molar-refractivity contribution in [3.8, 4) is 0 Å². The Hall–Kier alpha value is -1.83. The summed E-state index contributed by atoms with van der Waals surface area (Å²) < 4.78 is 2.30. The number of rotatable bonds is 1. The van der Waals surface area contributed by atoms with Crippen LogP contribution in [-0.2, 0) is 6.54 Å². The van der Waals surface area contributed by atoms with Crippen molar-refractivity contribution in [3.63, 3.8) is 0 Å². The molecule has 0 fully saturated rings. The molecule has 0 aliphatic heterocycles. The average Bonchev–Trinajstić information content (AvgIpc) is 2.63. The maximum absolute atomic E-state index is 4.46. The number of hydrogen-bond donors (Lipinski definition) is 0. The van der Waals surface area contributed by atoms with Crippen LogP contribution in [0.5, 0.6) is 0 Å². The van der Waals surface area contributed by atoms with Crippen molar-refractivity contribution in [1.82, 2.24) is 9.55 Å². The summed E-state index contributed by atoms with van der Waals surface area (Å²) in [6.45, 7) is 3.15. The fourth-order valence-electron chi connectivity index (χ4n) is 2.20. The van der Waals surface area contributed by atoms with E-state index in [-0.39, 0.29) is 0 Å². The standard InChI is InChI=1S/C13H12N2/c1-2-15-11-7-4-3-6-10(11)13-12(15)8-5-9-14-13/h3-9H,2H2,1H3. The Morgan fingerprint density at radius 2 is 1.87 bits per heavy atom. The van der Waals surface area contributed by atoms with Gasteiger partial charge in [-0.05, 0) is 25.1 Å². The minimum atomic E-state index is 0.982. The van der Waals surface area contributed by atoms with Gasteiger partial charge in [0.15, 0.2) is 0 Å². The molecule has 74 valence electrons. The molecule has 0 N–H and O–H groups in total. The van der Waals surface area contributed by atoms with Crippen LogP contribution in [0.1, 0.15) is 6.92 Å². The van der Waals surface area contributed by atoms with E-state index in [2.05, 4.69) is 46.8 Å². The van der Waals surface area contributed by atoms with Crippen molar-refractivity contribution in [1.29, 1.82) is 0 Å². The molecule has 2 heteroatoms. The molecule has 15 heavy (non-hydrogen) atoms. The number of fused-ring (bicyclic) bond motifs is 3. The normalized spacial score (nSPS) is 11.3. The Kier molecular flexibility index (Phi) is 1.75. The molecule has 0 aliphatic carbocycles. The summed E-state index contributed by atoms with van der Waals surface area (Å²) in [6, 6.07) is 12.6. The van der Waals surface area contributed by atoms with Crippen molar-refractivity contribution in [2.45, 2.75) is 13.5 Å². The van der Waals surface area contributed by atoms with Gasteiger partial charge in [0.25, 0.3) is 0 Å². The van der Waals surface area contributed by atoms with E-state index in [1.54, 1.807) is 0 Å². The number of nitrogens with zero attached hydrogens (tertiary/aromatic N) is 2. The van der Waals surface area contributed by atoms with Crippen molar-refractivity contribution < 1.29 is 0 Å². The topological polar surface area (TPSA) is 17.8 Å². The second-order valence-electron chi connectivity index (χ2n) is 3.63. The smallest absolute Gasteiger partial charge is 0.0959 e. The number of pyridine rings is 1. The first-order valence-corrected chi connectivity index (χ1v) is 5.24. The molecule has 0 atom stereocenters. The number of aryl methyl sites for hydroxylation is 1. The monoisotopic (exact) mass is 196 g/mol. The molecule has 0 bridgehead atoms. The zero-order valence-electron chi connectivity index (χ0n) is 8.64. The highest BCUT2D eigenvalue weighted by atomic mass is 15.0. The van der Waals surface area contributed by atoms with E-state index in [1.807, 2.05) is 12.3 Å². The largest absolute Gasteiger partial charge is 0.339 e. The summed E-state index contributed by atoms with van der Waals surface area (Å²) >= 11 is 0. The lowest BCUT2D eigenvalue weighted by molar-refractivity contribution is 0.826. The second-order valence-corrected chi connectivity index (χ2v) is 3.63. The summed E-state index contributed by atoms with van der Waals surface area (Å²) in [5.41, 5.74) is 3.60. The van der Waals surface area contributed by atoms with Crippen molar-refractivity contribution in [2.24, 2.45) is 0 Å². The molecule has 0 amide bonds. The molecule has 0 saturated carbocycles. The highest BCUT2D eigenvalue weighted by molar-refractivity contribution is 6.05. The lowest BCUT2D eigenvalue weighted by atomic mass is 10.2. The highest BCUT2D eigenvalue weighted by Crippen LogP contribution is 2.26. The minimum Gasteiger partial charge on any atom is -0.339 e. The molecule has 2 nitrogen and oxygen atoms in total. The van der Waals surface area contributed by atoms with Gasteiger partial charge in [0.1, 0.15) is 0 Å². The first kappa shape index (κ1) is 8.48. The van der Waals surface area contributed by atoms with Gasteiger partial charge in [-0.15, -0.1) is 0 Å².